The van der Waals surface area contributed by atoms with Crippen LogP contribution in [0.3, 0.4) is 0 Å². The second kappa shape index (κ2) is 5.54. The van der Waals surface area contributed by atoms with Crippen LogP contribution in [0.4, 0.5) is 0 Å². The predicted octanol–water partition coefficient (Wildman–Crippen LogP) is 2.85. The first kappa shape index (κ1) is 13.1. The lowest BCUT2D eigenvalue weighted by atomic mass is 10.3. The summed E-state index contributed by atoms with van der Waals surface area (Å²) in [6, 6.07) is 2.11. The van der Waals surface area contributed by atoms with E-state index in [0.29, 0.717) is 6.61 Å². The molecule has 2 aromatic heterocycles. The summed E-state index contributed by atoms with van der Waals surface area (Å²) in [6.45, 7) is 4.53. The van der Waals surface area contributed by atoms with Crippen LogP contribution in [0.2, 0.25) is 5.15 Å². The van der Waals surface area contributed by atoms with Gasteiger partial charge < -0.3 is 9.30 Å². The molecule has 0 saturated heterocycles. The number of methoxy groups -OCH3 is 1. The van der Waals surface area contributed by atoms with Gasteiger partial charge in [-0.2, -0.15) is 4.57 Å². The van der Waals surface area contributed by atoms with Gasteiger partial charge in [-0.15, -0.1) is 0 Å². The molecule has 0 aliphatic rings. The molecular weight excluding hydrogens is 351 g/mol. The highest BCUT2D eigenvalue weighted by Gasteiger charge is 2.17. The molecule has 0 fully saturated rings. The van der Waals surface area contributed by atoms with Crippen molar-refractivity contribution in [2.75, 3.05) is 13.7 Å². The average molecular weight is 366 g/mol. The number of fused-ring (bicyclic) bond motifs is 1. The standard InChI is InChI=1S/C12H15ClIN2O/c1-3-15-5-4-10-11(12(15)13)9(14)8-16(10)6-7-17-2/h4-5,8H,3,6-7H2,1-2H3/q+1. The van der Waals surface area contributed by atoms with Gasteiger partial charge in [0.2, 0.25) is 0 Å². The Morgan fingerprint density at radius 1 is 1.53 bits per heavy atom. The highest BCUT2D eigenvalue weighted by molar-refractivity contribution is 14.1. The van der Waals surface area contributed by atoms with Gasteiger partial charge in [-0.25, -0.2) is 0 Å². The van der Waals surface area contributed by atoms with Gasteiger partial charge in [0, 0.05) is 29.5 Å². The Labute approximate surface area is 119 Å². The van der Waals surface area contributed by atoms with Crippen molar-refractivity contribution in [3.05, 3.63) is 27.2 Å². The molecule has 0 saturated carbocycles. The number of hydrogen-bond donors (Lipinski definition) is 0. The number of rotatable bonds is 4. The largest absolute Gasteiger partial charge is 0.383 e. The summed E-state index contributed by atoms with van der Waals surface area (Å²) in [5.41, 5.74) is 1.17. The molecule has 2 aromatic rings. The molecular formula is C12H15ClIN2O+. The van der Waals surface area contributed by atoms with Crippen molar-refractivity contribution in [2.45, 2.75) is 20.0 Å². The van der Waals surface area contributed by atoms with Crippen molar-refractivity contribution in [3.63, 3.8) is 0 Å². The normalized spacial score (nSPS) is 11.3. The highest BCUT2D eigenvalue weighted by Crippen LogP contribution is 2.27. The first-order chi connectivity index (χ1) is 8.19. The predicted molar refractivity (Wildman–Crippen MR) is 77.4 cm³/mol. The van der Waals surface area contributed by atoms with Crippen molar-refractivity contribution in [1.82, 2.24) is 4.57 Å². The molecule has 3 nitrogen and oxygen atoms in total. The van der Waals surface area contributed by atoms with E-state index in [4.69, 9.17) is 16.3 Å². The zero-order chi connectivity index (χ0) is 12.4. The van der Waals surface area contributed by atoms with Crippen LogP contribution in [0.5, 0.6) is 0 Å². The van der Waals surface area contributed by atoms with Gasteiger partial charge in [-0.1, -0.05) is 0 Å². The molecule has 0 atom stereocenters. The third-order valence-electron chi connectivity index (χ3n) is 2.82. The van der Waals surface area contributed by atoms with Gasteiger partial charge in [0.25, 0.3) is 5.15 Å². The maximum absolute atomic E-state index is 6.41. The van der Waals surface area contributed by atoms with Crippen LogP contribution in [0, 0.1) is 3.57 Å². The molecule has 0 bridgehead atoms. The fourth-order valence-corrected chi connectivity index (χ4v) is 3.31. The smallest absolute Gasteiger partial charge is 0.285 e. The minimum absolute atomic E-state index is 0.708. The topological polar surface area (TPSA) is 18.0 Å². The lowest BCUT2D eigenvalue weighted by molar-refractivity contribution is -0.690. The number of nitrogens with zero attached hydrogens (tertiary/aromatic N) is 2. The number of aryl methyl sites for hydroxylation is 1. The van der Waals surface area contributed by atoms with E-state index in [9.17, 15) is 0 Å². The third kappa shape index (κ3) is 2.44. The molecule has 17 heavy (non-hydrogen) atoms. The quantitative estimate of drug-likeness (QED) is 0.463. The number of halogens is 2. The monoisotopic (exact) mass is 365 g/mol. The van der Waals surface area contributed by atoms with Crippen LogP contribution in [0.1, 0.15) is 6.92 Å². The van der Waals surface area contributed by atoms with Crippen LogP contribution in [0.15, 0.2) is 18.5 Å². The van der Waals surface area contributed by atoms with E-state index in [1.165, 1.54) is 9.09 Å². The zero-order valence-corrected chi connectivity index (χ0v) is 12.8. The van der Waals surface area contributed by atoms with Crippen molar-refractivity contribution in [3.8, 4) is 0 Å². The molecule has 0 radical (unpaired) electrons. The van der Waals surface area contributed by atoms with Crippen molar-refractivity contribution >= 4 is 45.1 Å². The number of pyridine rings is 1. The fraction of sp³-hybridized carbons (Fsp3) is 0.417. The van der Waals surface area contributed by atoms with E-state index in [-0.39, 0.29) is 0 Å². The van der Waals surface area contributed by atoms with E-state index in [2.05, 4.69) is 46.3 Å². The lowest BCUT2D eigenvalue weighted by Gasteiger charge is -2.04. The Morgan fingerprint density at radius 2 is 2.29 bits per heavy atom. The van der Waals surface area contributed by atoms with Crippen molar-refractivity contribution in [2.24, 2.45) is 0 Å². The Morgan fingerprint density at radius 3 is 2.94 bits per heavy atom. The minimum Gasteiger partial charge on any atom is -0.383 e. The maximum Gasteiger partial charge on any atom is 0.285 e. The van der Waals surface area contributed by atoms with Gasteiger partial charge >= 0.3 is 0 Å². The second-order valence-corrected chi connectivity index (χ2v) is 5.34. The van der Waals surface area contributed by atoms with E-state index >= 15 is 0 Å². The van der Waals surface area contributed by atoms with Gasteiger partial charge in [0.05, 0.1) is 17.5 Å². The molecule has 0 N–H and O–H groups in total. The van der Waals surface area contributed by atoms with E-state index < -0.39 is 0 Å². The molecule has 0 spiro atoms. The van der Waals surface area contributed by atoms with Crippen molar-refractivity contribution in [1.29, 1.82) is 0 Å². The fourth-order valence-electron chi connectivity index (χ4n) is 1.91. The van der Waals surface area contributed by atoms with Gasteiger partial charge in [0.15, 0.2) is 6.20 Å². The molecule has 0 aromatic carbocycles. The molecule has 5 heteroatoms. The Bertz CT molecular complexity index is 539. The molecule has 2 rings (SSSR count). The highest BCUT2D eigenvalue weighted by atomic mass is 127. The van der Waals surface area contributed by atoms with Crippen LogP contribution >= 0.6 is 34.2 Å². The summed E-state index contributed by atoms with van der Waals surface area (Å²) >= 11 is 8.74. The van der Waals surface area contributed by atoms with Gasteiger partial charge in [0.1, 0.15) is 6.54 Å². The Kier molecular flexibility index (Phi) is 4.27. The SMILES string of the molecule is CC[n+]1ccc2c(c(I)cn2CCOC)c1Cl. The molecule has 2 heterocycles. The van der Waals surface area contributed by atoms with E-state index in [0.717, 1.165) is 23.6 Å². The zero-order valence-electron chi connectivity index (χ0n) is 9.91. The summed E-state index contributed by atoms with van der Waals surface area (Å²) < 4.78 is 10.5. The van der Waals surface area contributed by atoms with Crippen LogP contribution in [-0.2, 0) is 17.8 Å². The van der Waals surface area contributed by atoms with Gasteiger partial charge in [-0.05, 0) is 41.1 Å². The molecule has 0 aliphatic heterocycles. The Hall–Kier alpha value is -0.330. The number of ether oxygens (including phenoxy) is 1. The van der Waals surface area contributed by atoms with Crippen LogP contribution in [0.25, 0.3) is 10.9 Å². The summed E-state index contributed by atoms with van der Waals surface area (Å²) in [6.07, 6.45) is 4.15. The van der Waals surface area contributed by atoms with Crippen LogP contribution in [-0.4, -0.2) is 18.3 Å². The molecule has 0 amide bonds. The number of aromatic nitrogens is 2. The van der Waals surface area contributed by atoms with E-state index in [1.54, 1.807) is 7.11 Å². The lowest BCUT2D eigenvalue weighted by Crippen LogP contribution is -2.33. The maximum atomic E-state index is 6.41. The first-order valence-electron chi connectivity index (χ1n) is 5.54. The summed E-state index contributed by atoms with van der Waals surface area (Å²) in [7, 11) is 1.72. The average Bonchev–Trinajstić information content (AvgIpc) is 2.65. The van der Waals surface area contributed by atoms with Crippen molar-refractivity contribution < 1.29 is 9.30 Å². The van der Waals surface area contributed by atoms with Crippen LogP contribution < -0.4 is 4.57 Å². The minimum atomic E-state index is 0.708. The second-order valence-electron chi connectivity index (χ2n) is 3.82. The summed E-state index contributed by atoms with van der Waals surface area (Å²) in [5, 5.41) is 1.94. The third-order valence-corrected chi connectivity index (χ3v) is 4.05. The first-order valence-corrected chi connectivity index (χ1v) is 7.00. The summed E-state index contributed by atoms with van der Waals surface area (Å²) in [5.74, 6) is 0. The summed E-state index contributed by atoms with van der Waals surface area (Å²) in [4.78, 5) is 0. The molecule has 92 valence electrons. The molecule has 0 unspecified atom stereocenters. The molecule has 0 aliphatic carbocycles. The number of hydrogen-bond acceptors (Lipinski definition) is 1. The van der Waals surface area contributed by atoms with Gasteiger partial charge in [-0.3, -0.25) is 0 Å². The van der Waals surface area contributed by atoms with E-state index in [1.807, 2.05) is 10.8 Å². The Balaban J connectivity index is 2.56.